The lowest BCUT2D eigenvalue weighted by atomic mass is 9.98. The van der Waals surface area contributed by atoms with Crippen molar-refractivity contribution in [2.45, 2.75) is 37.7 Å². The number of aryl methyl sites for hydroxylation is 1. The van der Waals surface area contributed by atoms with Gasteiger partial charge in [0, 0.05) is 18.7 Å². The fourth-order valence-corrected chi connectivity index (χ4v) is 5.10. The SMILES string of the molecule is Cc1ccc(-c2nnc(C(C)OC(=O)C3CCN(S(=O)(=O)c4ccccc4)CC3)o2)cc1. The molecule has 2 heterocycles. The lowest BCUT2D eigenvalue weighted by Crippen LogP contribution is -2.40. The lowest BCUT2D eigenvalue weighted by Gasteiger charge is -2.30. The number of benzene rings is 2. The highest BCUT2D eigenvalue weighted by Crippen LogP contribution is 2.27. The third kappa shape index (κ3) is 4.73. The summed E-state index contributed by atoms with van der Waals surface area (Å²) in [7, 11) is -3.56. The van der Waals surface area contributed by atoms with Crippen LogP contribution in [0.1, 0.15) is 37.3 Å². The van der Waals surface area contributed by atoms with Crippen LogP contribution in [-0.2, 0) is 19.6 Å². The second-order valence-electron chi connectivity index (χ2n) is 7.88. The van der Waals surface area contributed by atoms with Crippen molar-refractivity contribution in [1.29, 1.82) is 0 Å². The summed E-state index contributed by atoms with van der Waals surface area (Å²) in [4.78, 5) is 12.9. The lowest BCUT2D eigenvalue weighted by molar-refractivity contribution is -0.156. The molecule has 168 valence electrons. The van der Waals surface area contributed by atoms with Crippen LogP contribution in [0.15, 0.2) is 63.9 Å². The van der Waals surface area contributed by atoms with Crippen molar-refractivity contribution in [1.82, 2.24) is 14.5 Å². The van der Waals surface area contributed by atoms with E-state index in [9.17, 15) is 13.2 Å². The zero-order valence-corrected chi connectivity index (χ0v) is 18.8. The molecule has 1 aliphatic heterocycles. The Kier molecular flexibility index (Phi) is 6.38. The molecule has 0 aliphatic carbocycles. The molecule has 0 radical (unpaired) electrons. The van der Waals surface area contributed by atoms with Crippen LogP contribution in [0, 0.1) is 12.8 Å². The standard InChI is InChI=1S/C23H25N3O5S/c1-16-8-10-18(11-9-16)22-25-24-21(31-22)17(2)30-23(27)19-12-14-26(15-13-19)32(28,29)20-6-4-3-5-7-20/h3-11,17,19H,12-15H2,1-2H3. The van der Waals surface area contributed by atoms with Crippen LogP contribution >= 0.6 is 0 Å². The molecule has 0 N–H and O–H groups in total. The maximum atomic E-state index is 12.7. The third-order valence-corrected chi connectivity index (χ3v) is 7.46. The van der Waals surface area contributed by atoms with Gasteiger partial charge in [0.15, 0.2) is 6.10 Å². The summed E-state index contributed by atoms with van der Waals surface area (Å²) < 4.78 is 38.1. The first-order valence-corrected chi connectivity index (χ1v) is 11.9. The Morgan fingerprint density at radius 2 is 1.72 bits per heavy atom. The Labute approximate surface area is 187 Å². The number of sulfonamides is 1. The Hall–Kier alpha value is -3.04. The van der Waals surface area contributed by atoms with Gasteiger partial charge in [0.2, 0.25) is 15.9 Å². The van der Waals surface area contributed by atoms with Crippen LogP contribution in [0.2, 0.25) is 0 Å². The summed E-state index contributed by atoms with van der Waals surface area (Å²) in [6.45, 7) is 4.21. The summed E-state index contributed by atoms with van der Waals surface area (Å²) in [5.74, 6) is -0.177. The molecule has 9 heteroatoms. The van der Waals surface area contributed by atoms with Crippen molar-refractivity contribution in [2.24, 2.45) is 5.92 Å². The molecule has 1 fully saturated rings. The number of nitrogens with zero attached hydrogens (tertiary/aromatic N) is 3. The van der Waals surface area contributed by atoms with E-state index in [2.05, 4.69) is 10.2 Å². The summed E-state index contributed by atoms with van der Waals surface area (Å²) >= 11 is 0. The largest absolute Gasteiger partial charge is 0.452 e. The molecule has 1 unspecified atom stereocenters. The normalized spacial score (nSPS) is 16.6. The highest BCUT2D eigenvalue weighted by molar-refractivity contribution is 7.89. The maximum absolute atomic E-state index is 12.7. The van der Waals surface area contributed by atoms with Gasteiger partial charge in [-0.2, -0.15) is 4.31 Å². The monoisotopic (exact) mass is 455 g/mol. The van der Waals surface area contributed by atoms with E-state index >= 15 is 0 Å². The smallest absolute Gasteiger partial charge is 0.309 e. The fourth-order valence-electron chi connectivity index (χ4n) is 3.61. The van der Waals surface area contributed by atoms with Crippen LogP contribution < -0.4 is 0 Å². The molecule has 32 heavy (non-hydrogen) atoms. The second-order valence-corrected chi connectivity index (χ2v) is 9.82. The van der Waals surface area contributed by atoms with Crippen LogP contribution in [0.25, 0.3) is 11.5 Å². The second kappa shape index (κ2) is 9.22. The predicted octanol–water partition coefficient (Wildman–Crippen LogP) is 3.75. The first-order valence-electron chi connectivity index (χ1n) is 10.5. The van der Waals surface area contributed by atoms with Gasteiger partial charge in [0.1, 0.15) is 0 Å². The van der Waals surface area contributed by atoms with E-state index in [4.69, 9.17) is 9.15 Å². The molecule has 4 rings (SSSR count). The number of hydrogen-bond acceptors (Lipinski definition) is 7. The van der Waals surface area contributed by atoms with Crippen molar-refractivity contribution < 1.29 is 22.4 Å². The summed E-state index contributed by atoms with van der Waals surface area (Å²) in [5, 5.41) is 8.05. The minimum atomic E-state index is -3.56. The molecular weight excluding hydrogens is 430 g/mol. The molecule has 0 bridgehead atoms. The summed E-state index contributed by atoms with van der Waals surface area (Å²) in [6, 6.07) is 16.0. The van der Waals surface area contributed by atoms with E-state index < -0.39 is 16.1 Å². The number of ether oxygens (including phenoxy) is 1. The minimum Gasteiger partial charge on any atom is -0.452 e. The third-order valence-electron chi connectivity index (χ3n) is 5.55. The van der Waals surface area contributed by atoms with Gasteiger partial charge >= 0.3 is 5.97 Å². The Balaban J connectivity index is 1.34. The average Bonchev–Trinajstić information content (AvgIpc) is 3.31. The molecule has 2 aromatic carbocycles. The number of rotatable bonds is 6. The maximum Gasteiger partial charge on any atom is 0.309 e. The van der Waals surface area contributed by atoms with Crippen molar-refractivity contribution in [3.05, 3.63) is 66.1 Å². The van der Waals surface area contributed by atoms with Crippen LogP contribution in [0.4, 0.5) is 0 Å². The van der Waals surface area contributed by atoms with E-state index in [1.54, 1.807) is 37.3 Å². The van der Waals surface area contributed by atoms with Crippen molar-refractivity contribution in [3.8, 4) is 11.5 Å². The highest BCUT2D eigenvalue weighted by atomic mass is 32.2. The van der Waals surface area contributed by atoms with E-state index in [-0.39, 0.29) is 35.8 Å². The Morgan fingerprint density at radius 3 is 2.38 bits per heavy atom. The van der Waals surface area contributed by atoms with Crippen LogP contribution in [-0.4, -0.2) is 42.0 Å². The molecule has 8 nitrogen and oxygen atoms in total. The van der Waals surface area contributed by atoms with E-state index in [1.807, 2.05) is 31.2 Å². The molecule has 1 aromatic heterocycles. The van der Waals surface area contributed by atoms with Crippen molar-refractivity contribution >= 4 is 16.0 Å². The Bertz CT molecular complexity index is 1170. The van der Waals surface area contributed by atoms with Gasteiger partial charge in [0.25, 0.3) is 5.89 Å². The fraction of sp³-hybridized carbons (Fsp3) is 0.348. The molecule has 1 aliphatic rings. The zero-order chi connectivity index (χ0) is 22.7. The van der Waals surface area contributed by atoms with Gasteiger partial charge in [-0.25, -0.2) is 8.42 Å². The number of piperidine rings is 1. The first-order chi connectivity index (χ1) is 15.3. The van der Waals surface area contributed by atoms with E-state index in [0.29, 0.717) is 18.7 Å². The topological polar surface area (TPSA) is 103 Å². The zero-order valence-electron chi connectivity index (χ0n) is 18.0. The molecule has 3 aromatic rings. The Morgan fingerprint density at radius 1 is 1.06 bits per heavy atom. The molecular formula is C23H25N3O5S. The van der Waals surface area contributed by atoms with E-state index in [1.165, 1.54) is 4.31 Å². The van der Waals surface area contributed by atoms with Crippen LogP contribution in [0.5, 0.6) is 0 Å². The van der Waals surface area contributed by atoms with E-state index in [0.717, 1.165) is 11.1 Å². The molecule has 0 saturated carbocycles. The number of aromatic nitrogens is 2. The average molecular weight is 456 g/mol. The van der Waals surface area contributed by atoms with Crippen molar-refractivity contribution in [2.75, 3.05) is 13.1 Å². The highest BCUT2D eigenvalue weighted by Gasteiger charge is 2.33. The number of carbonyl (C=O) groups excluding carboxylic acids is 1. The number of hydrogen-bond donors (Lipinski definition) is 0. The van der Waals surface area contributed by atoms with Gasteiger partial charge in [-0.15, -0.1) is 10.2 Å². The molecule has 0 amide bonds. The van der Waals surface area contributed by atoms with Gasteiger partial charge < -0.3 is 9.15 Å². The van der Waals surface area contributed by atoms with Gasteiger partial charge in [-0.05, 0) is 51.0 Å². The molecule has 1 atom stereocenters. The van der Waals surface area contributed by atoms with Crippen molar-refractivity contribution in [3.63, 3.8) is 0 Å². The molecule has 0 spiro atoms. The predicted molar refractivity (Wildman–Crippen MR) is 117 cm³/mol. The van der Waals surface area contributed by atoms with Gasteiger partial charge in [-0.1, -0.05) is 35.9 Å². The van der Waals surface area contributed by atoms with Crippen LogP contribution in [0.3, 0.4) is 0 Å². The quantitative estimate of drug-likeness (QED) is 0.522. The molecule has 1 saturated heterocycles. The first kappa shape index (κ1) is 22.2. The number of carbonyl (C=O) groups is 1. The number of esters is 1. The summed E-state index contributed by atoms with van der Waals surface area (Å²) in [6.07, 6.45) is 0.104. The van der Waals surface area contributed by atoms with Gasteiger partial charge in [0.05, 0.1) is 10.8 Å². The minimum absolute atomic E-state index is 0.220. The summed E-state index contributed by atoms with van der Waals surface area (Å²) in [5.41, 5.74) is 1.92. The van der Waals surface area contributed by atoms with Gasteiger partial charge in [-0.3, -0.25) is 4.79 Å².